The van der Waals surface area contributed by atoms with E-state index < -0.39 is 11.5 Å². The molecule has 0 radical (unpaired) electrons. The van der Waals surface area contributed by atoms with Gasteiger partial charge < -0.3 is 14.8 Å². The highest BCUT2D eigenvalue weighted by molar-refractivity contribution is 6.10. The molecule has 0 spiro atoms. The number of methoxy groups -OCH3 is 1. The van der Waals surface area contributed by atoms with Crippen molar-refractivity contribution in [1.29, 1.82) is 5.26 Å². The van der Waals surface area contributed by atoms with E-state index >= 15 is 0 Å². The standard InChI is InChI=1S/C29H26N4O4/c1-29(2,3)20-12-14-21(15-13-20)37-27-22(28(35)33-16-8-7-11-25(33)32-27)17-19(18-30)26(34)31-23-9-5-6-10-24(23)36-4/h5-17H,1-4H3,(H,31,34). The van der Waals surface area contributed by atoms with Gasteiger partial charge in [0.2, 0.25) is 5.88 Å². The zero-order valence-corrected chi connectivity index (χ0v) is 21.0. The highest BCUT2D eigenvalue weighted by Gasteiger charge is 2.19. The summed E-state index contributed by atoms with van der Waals surface area (Å²) in [4.78, 5) is 30.9. The fraction of sp³-hybridized carbons (Fsp3) is 0.172. The van der Waals surface area contributed by atoms with Crippen LogP contribution in [0.5, 0.6) is 17.4 Å². The molecule has 37 heavy (non-hydrogen) atoms. The fourth-order valence-electron chi connectivity index (χ4n) is 3.65. The molecule has 0 fully saturated rings. The number of nitriles is 1. The zero-order chi connectivity index (χ0) is 26.6. The molecule has 0 aliphatic carbocycles. The summed E-state index contributed by atoms with van der Waals surface area (Å²) in [7, 11) is 1.48. The van der Waals surface area contributed by atoms with Crippen LogP contribution in [0.1, 0.15) is 31.9 Å². The van der Waals surface area contributed by atoms with Gasteiger partial charge in [-0.3, -0.25) is 14.0 Å². The lowest BCUT2D eigenvalue weighted by molar-refractivity contribution is -0.112. The van der Waals surface area contributed by atoms with Crippen molar-refractivity contribution in [2.45, 2.75) is 26.2 Å². The Morgan fingerprint density at radius 1 is 1.05 bits per heavy atom. The first-order valence-electron chi connectivity index (χ1n) is 11.6. The number of hydrogen-bond donors (Lipinski definition) is 1. The maximum Gasteiger partial charge on any atom is 0.269 e. The Hall–Kier alpha value is -4.90. The van der Waals surface area contributed by atoms with Crippen molar-refractivity contribution in [3.8, 4) is 23.4 Å². The third kappa shape index (κ3) is 5.52. The Kier molecular flexibility index (Phi) is 7.07. The summed E-state index contributed by atoms with van der Waals surface area (Å²) < 4.78 is 12.6. The van der Waals surface area contributed by atoms with Gasteiger partial charge in [0.15, 0.2) is 0 Å². The van der Waals surface area contributed by atoms with Gasteiger partial charge >= 0.3 is 0 Å². The van der Waals surface area contributed by atoms with E-state index in [0.717, 1.165) is 5.56 Å². The molecular formula is C29H26N4O4. The van der Waals surface area contributed by atoms with Crippen LogP contribution in [0.25, 0.3) is 11.7 Å². The lowest BCUT2D eigenvalue weighted by Gasteiger charge is -2.19. The predicted molar refractivity (Wildman–Crippen MR) is 142 cm³/mol. The first-order chi connectivity index (χ1) is 17.7. The van der Waals surface area contributed by atoms with Crippen molar-refractivity contribution in [2.75, 3.05) is 12.4 Å². The normalized spacial score (nSPS) is 11.6. The number of ether oxygens (including phenoxy) is 2. The summed E-state index contributed by atoms with van der Waals surface area (Å²) in [6.07, 6.45) is 2.75. The van der Waals surface area contributed by atoms with Gasteiger partial charge in [-0.15, -0.1) is 0 Å². The Balaban J connectivity index is 1.77. The van der Waals surface area contributed by atoms with E-state index in [1.54, 1.807) is 60.8 Å². The summed E-state index contributed by atoms with van der Waals surface area (Å²) in [6, 6.07) is 21.3. The topological polar surface area (TPSA) is 106 Å². The second-order valence-electron chi connectivity index (χ2n) is 9.27. The largest absolute Gasteiger partial charge is 0.495 e. The molecule has 1 N–H and O–H groups in total. The number of carbonyl (C=O) groups is 1. The zero-order valence-electron chi connectivity index (χ0n) is 21.0. The fourth-order valence-corrected chi connectivity index (χ4v) is 3.65. The number of anilines is 1. The van der Waals surface area contributed by atoms with Gasteiger partial charge in [0.05, 0.1) is 12.8 Å². The van der Waals surface area contributed by atoms with Crippen LogP contribution in [0.2, 0.25) is 0 Å². The summed E-state index contributed by atoms with van der Waals surface area (Å²) in [5, 5.41) is 12.4. The maximum absolute atomic E-state index is 13.4. The first kappa shape index (κ1) is 25.2. The van der Waals surface area contributed by atoms with Gasteiger partial charge in [-0.25, -0.2) is 0 Å². The molecule has 1 amide bonds. The monoisotopic (exact) mass is 494 g/mol. The van der Waals surface area contributed by atoms with Crippen molar-refractivity contribution in [1.82, 2.24) is 9.38 Å². The molecule has 8 heteroatoms. The van der Waals surface area contributed by atoms with Crippen molar-refractivity contribution in [3.63, 3.8) is 0 Å². The third-order valence-electron chi connectivity index (χ3n) is 5.68. The second kappa shape index (κ2) is 10.4. The molecule has 0 unspecified atom stereocenters. The molecule has 0 aliphatic heterocycles. The van der Waals surface area contributed by atoms with Crippen molar-refractivity contribution in [2.24, 2.45) is 0 Å². The molecule has 0 bridgehead atoms. The number of benzene rings is 2. The average molecular weight is 495 g/mol. The minimum absolute atomic E-state index is 0.0162. The number of nitrogens with one attached hydrogen (secondary N) is 1. The quantitative estimate of drug-likeness (QED) is 0.287. The Bertz CT molecular complexity index is 1590. The van der Waals surface area contributed by atoms with E-state index in [9.17, 15) is 14.9 Å². The molecule has 186 valence electrons. The van der Waals surface area contributed by atoms with Crippen LogP contribution in [0.15, 0.2) is 83.3 Å². The Labute approximate surface area is 214 Å². The minimum Gasteiger partial charge on any atom is -0.495 e. The lowest BCUT2D eigenvalue weighted by atomic mass is 9.87. The van der Waals surface area contributed by atoms with E-state index in [1.807, 2.05) is 18.2 Å². The summed E-state index contributed by atoms with van der Waals surface area (Å²) in [5.41, 5.74) is 1.02. The van der Waals surface area contributed by atoms with Gasteiger partial charge in [0.25, 0.3) is 11.5 Å². The number of nitrogens with zero attached hydrogens (tertiary/aromatic N) is 3. The second-order valence-corrected chi connectivity index (χ2v) is 9.27. The number of hydrogen-bond acceptors (Lipinski definition) is 6. The Morgan fingerprint density at radius 2 is 1.76 bits per heavy atom. The molecule has 4 aromatic rings. The summed E-state index contributed by atoms with van der Waals surface area (Å²) in [5.74, 6) is 0.178. The van der Waals surface area contributed by atoms with Crippen molar-refractivity contribution in [3.05, 3.63) is 100.0 Å². The maximum atomic E-state index is 13.4. The van der Waals surface area contributed by atoms with Gasteiger partial charge in [0, 0.05) is 6.20 Å². The van der Waals surface area contributed by atoms with Crippen LogP contribution in [-0.2, 0) is 10.2 Å². The summed E-state index contributed by atoms with van der Waals surface area (Å²) >= 11 is 0. The first-order valence-corrected chi connectivity index (χ1v) is 11.6. The van der Waals surface area contributed by atoms with Crippen LogP contribution in [0.4, 0.5) is 5.69 Å². The SMILES string of the molecule is COc1ccccc1NC(=O)C(C#N)=Cc1c(Oc2ccc(C(C)(C)C)cc2)nc2ccccn2c1=O. The van der Waals surface area contributed by atoms with Crippen molar-refractivity contribution >= 4 is 23.3 Å². The minimum atomic E-state index is -0.704. The van der Waals surface area contributed by atoms with E-state index in [2.05, 4.69) is 31.1 Å². The van der Waals surface area contributed by atoms with E-state index in [0.29, 0.717) is 22.8 Å². The highest BCUT2D eigenvalue weighted by Crippen LogP contribution is 2.28. The van der Waals surface area contributed by atoms with E-state index in [-0.39, 0.29) is 22.4 Å². The summed E-state index contributed by atoms with van der Waals surface area (Å²) in [6.45, 7) is 6.32. The van der Waals surface area contributed by atoms with Gasteiger partial charge in [-0.1, -0.05) is 51.1 Å². The smallest absolute Gasteiger partial charge is 0.269 e. The number of fused-ring (bicyclic) bond motifs is 1. The van der Waals surface area contributed by atoms with Crippen LogP contribution in [0.3, 0.4) is 0 Å². The van der Waals surface area contributed by atoms with Crippen LogP contribution >= 0.6 is 0 Å². The highest BCUT2D eigenvalue weighted by atomic mass is 16.5. The molecule has 0 saturated carbocycles. The van der Waals surface area contributed by atoms with E-state index in [4.69, 9.17) is 9.47 Å². The average Bonchev–Trinajstić information content (AvgIpc) is 2.88. The van der Waals surface area contributed by atoms with E-state index in [1.165, 1.54) is 17.6 Å². The number of para-hydroxylation sites is 2. The van der Waals surface area contributed by atoms with Gasteiger partial charge in [-0.2, -0.15) is 10.2 Å². The molecule has 0 atom stereocenters. The lowest BCUT2D eigenvalue weighted by Crippen LogP contribution is -2.20. The molecule has 8 nitrogen and oxygen atoms in total. The molecule has 2 aromatic heterocycles. The van der Waals surface area contributed by atoms with Gasteiger partial charge in [0.1, 0.15) is 34.4 Å². The number of aromatic nitrogens is 2. The van der Waals surface area contributed by atoms with Crippen LogP contribution in [0, 0.1) is 11.3 Å². The van der Waals surface area contributed by atoms with Crippen LogP contribution < -0.4 is 20.3 Å². The number of pyridine rings is 1. The van der Waals surface area contributed by atoms with Gasteiger partial charge in [-0.05, 0) is 53.5 Å². The number of rotatable bonds is 6. The molecule has 2 heterocycles. The predicted octanol–water partition coefficient (Wildman–Crippen LogP) is 5.34. The number of carbonyl (C=O) groups excluding carboxylic acids is 1. The molecule has 0 saturated heterocycles. The Morgan fingerprint density at radius 3 is 2.43 bits per heavy atom. The third-order valence-corrected chi connectivity index (χ3v) is 5.68. The van der Waals surface area contributed by atoms with Crippen LogP contribution in [-0.4, -0.2) is 22.4 Å². The number of amides is 1. The molecular weight excluding hydrogens is 468 g/mol. The molecule has 4 rings (SSSR count). The molecule has 0 aliphatic rings. The molecule has 2 aromatic carbocycles. The van der Waals surface area contributed by atoms with Crippen molar-refractivity contribution < 1.29 is 14.3 Å².